The minimum atomic E-state index is -0.822. The molecular formula is C17H20BrNO5. The van der Waals surface area contributed by atoms with Crippen LogP contribution in [0.25, 0.3) is 0 Å². The Kier molecular flexibility index (Phi) is 6.36. The maximum Gasteiger partial charge on any atom is 0.342 e. The van der Waals surface area contributed by atoms with E-state index in [-0.39, 0.29) is 23.1 Å². The van der Waals surface area contributed by atoms with Gasteiger partial charge in [0, 0.05) is 5.92 Å². The molecular weight excluding hydrogens is 378 g/mol. The Morgan fingerprint density at radius 1 is 1.25 bits per heavy atom. The number of imide groups is 1. The summed E-state index contributed by atoms with van der Waals surface area (Å²) >= 11 is 3.14. The number of carbonyl (C=O) groups is 3. The van der Waals surface area contributed by atoms with Crippen LogP contribution in [-0.4, -0.2) is 29.5 Å². The molecule has 24 heavy (non-hydrogen) atoms. The molecule has 1 saturated carbocycles. The van der Waals surface area contributed by atoms with Crippen LogP contribution in [0.4, 0.5) is 0 Å². The van der Waals surface area contributed by atoms with Gasteiger partial charge in [0.25, 0.3) is 5.91 Å². The number of ether oxygens (including phenoxy) is 1. The molecule has 2 N–H and O–H groups in total. The highest BCUT2D eigenvalue weighted by molar-refractivity contribution is 9.10. The standard InChI is InChI=1S/C17H20BrNO5/c1-10-7-12(15(21)13(18)8-10)17(23)24-9-14(20)19-16(22)11-5-3-2-4-6-11/h7-8,11,21H,2-6,9H2,1H3,(H,19,20,22). The summed E-state index contributed by atoms with van der Waals surface area (Å²) in [7, 11) is 0. The molecule has 1 aromatic carbocycles. The first kappa shape index (κ1) is 18.4. The van der Waals surface area contributed by atoms with Gasteiger partial charge >= 0.3 is 5.97 Å². The summed E-state index contributed by atoms with van der Waals surface area (Å²) in [6, 6.07) is 3.12. The molecule has 2 rings (SSSR count). The van der Waals surface area contributed by atoms with Crippen LogP contribution in [0.3, 0.4) is 0 Å². The fourth-order valence-electron chi connectivity index (χ4n) is 2.74. The normalized spacial score (nSPS) is 14.9. The van der Waals surface area contributed by atoms with Gasteiger partial charge in [-0.3, -0.25) is 14.9 Å². The molecule has 1 aliphatic rings. The third kappa shape index (κ3) is 4.80. The third-order valence-electron chi connectivity index (χ3n) is 4.00. The lowest BCUT2D eigenvalue weighted by Crippen LogP contribution is -2.38. The molecule has 0 unspecified atom stereocenters. The molecule has 0 atom stereocenters. The first-order valence-electron chi connectivity index (χ1n) is 7.88. The molecule has 0 aliphatic heterocycles. The van der Waals surface area contributed by atoms with E-state index in [1.54, 1.807) is 13.0 Å². The Bertz CT molecular complexity index is 653. The van der Waals surface area contributed by atoms with Gasteiger partial charge in [-0.05, 0) is 53.4 Å². The molecule has 0 spiro atoms. The molecule has 1 fully saturated rings. The SMILES string of the molecule is Cc1cc(Br)c(O)c(C(=O)OCC(=O)NC(=O)C2CCCCC2)c1. The molecule has 1 aliphatic carbocycles. The summed E-state index contributed by atoms with van der Waals surface area (Å²) < 4.78 is 5.25. The van der Waals surface area contributed by atoms with Crippen molar-refractivity contribution in [3.8, 4) is 5.75 Å². The maximum absolute atomic E-state index is 12.0. The molecule has 6 nitrogen and oxygen atoms in total. The van der Waals surface area contributed by atoms with Crippen LogP contribution < -0.4 is 5.32 Å². The molecule has 0 bridgehead atoms. The number of hydrogen-bond donors (Lipinski definition) is 2. The number of amides is 2. The molecule has 130 valence electrons. The zero-order valence-corrected chi connectivity index (χ0v) is 15.0. The molecule has 0 saturated heterocycles. The first-order valence-corrected chi connectivity index (χ1v) is 8.67. The summed E-state index contributed by atoms with van der Waals surface area (Å²) in [6.45, 7) is 1.19. The summed E-state index contributed by atoms with van der Waals surface area (Å²) in [6.07, 6.45) is 4.66. The number of hydrogen-bond acceptors (Lipinski definition) is 5. The second-order valence-electron chi connectivity index (χ2n) is 5.97. The molecule has 0 radical (unpaired) electrons. The van der Waals surface area contributed by atoms with Crippen LogP contribution >= 0.6 is 15.9 Å². The van der Waals surface area contributed by atoms with Crippen LogP contribution in [0.5, 0.6) is 5.75 Å². The van der Waals surface area contributed by atoms with Gasteiger partial charge in [-0.15, -0.1) is 0 Å². The average molecular weight is 398 g/mol. The smallest absolute Gasteiger partial charge is 0.342 e. The molecule has 1 aromatic rings. The number of phenols is 1. The van der Waals surface area contributed by atoms with Crippen LogP contribution in [0.2, 0.25) is 0 Å². The van der Waals surface area contributed by atoms with Crippen LogP contribution in [0.15, 0.2) is 16.6 Å². The summed E-state index contributed by atoms with van der Waals surface area (Å²) in [5, 5.41) is 12.1. The van der Waals surface area contributed by atoms with Gasteiger partial charge in [-0.25, -0.2) is 4.79 Å². The van der Waals surface area contributed by atoms with Crippen molar-refractivity contribution >= 4 is 33.7 Å². The number of esters is 1. The predicted molar refractivity (Wildman–Crippen MR) is 90.6 cm³/mol. The Morgan fingerprint density at radius 2 is 1.92 bits per heavy atom. The van der Waals surface area contributed by atoms with Gasteiger partial charge < -0.3 is 9.84 Å². The Hall–Kier alpha value is -1.89. The topological polar surface area (TPSA) is 92.7 Å². The average Bonchev–Trinajstić information content (AvgIpc) is 2.56. The van der Waals surface area contributed by atoms with Gasteiger partial charge in [-0.2, -0.15) is 0 Å². The Balaban J connectivity index is 1.87. The number of carbonyl (C=O) groups excluding carboxylic acids is 3. The van der Waals surface area contributed by atoms with Crippen LogP contribution in [0, 0.1) is 12.8 Å². The fraction of sp³-hybridized carbons (Fsp3) is 0.471. The second kappa shape index (κ2) is 8.28. The van der Waals surface area contributed by atoms with Gasteiger partial charge in [-0.1, -0.05) is 19.3 Å². The van der Waals surface area contributed by atoms with E-state index in [1.807, 2.05) is 0 Å². The Morgan fingerprint density at radius 3 is 2.58 bits per heavy atom. The van der Waals surface area contributed by atoms with Crippen molar-refractivity contribution in [3.05, 3.63) is 27.7 Å². The molecule has 0 aromatic heterocycles. The number of benzene rings is 1. The molecule has 2 amide bonds. The zero-order chi connectivity index (χ0) is 17.7. The van der Waals surface area contributed by atoms with E-state index in [0.29, 0.717) is 4.47 Å². The number of nitrogens with one attached hydrogen (secondary N) is 1. The Labute approximate surface area is 148 Å². The van der Waals surface area contributed by atoms with E-state index in [2.05, 4.69) is 21.2 Å². The third-order valence-corrected chi connectivity index (χ3v) is 4.61. The van der Waals surface area contributed by atoms with Crippen LogP contribution in [-0.2, 0) is 14.3 Å². The van der Waals surface area contributed by atoms with E-state index in [1.165, 1.54) is 6.07 Å². The highest BCUT2D eigenvalue weighted by Crippen LogP contribution is 2.29. The maximum atomic E-state index is 12.0. The van der Waals surface area contributed by atoms with Crippen molar-refractivity contribution in [2.75, 3.05) is 6.61 Å². The number of aryl methyl sites for hydroxylation is 1. The zero-order valence-electron chi connectivity index (χ0n) is 13.4. The summed E-state index contributed by atoms with van der Waals surface area (Å²) in [5.41, 5.74) is 0.719. The lowest BCUT2D eigenvalue weighted by molar-refractivity contribution is -0.135. The number of phenolic OH excluding ortho intramolecular Hbond substituents is 1. The van der Waals surface area contributed by atoms with E-state index in [0.717, 1.165) is 37.7 Å². The second-order valence-corrected chi connectivity index (χ2v) is 6.82. The van der Waals surface area contributed by atoms with Crippen molar-refractivity contribution in [3.63, 3.8) is 0 Å². The minimum Gasteiger partial charge on any atom is -0.506 e. The predicted octanol–water partition coefficient (Wildman–Crippen LogP) is 2.84. The lowest BCUT2D eigenvalue weighted by Gasteiger charge is -2.20. The summed E-state index contributed by atoms with van der Waals surface area (Å²) in [4.78, 5) is 35.7. The van der Waals surface area contributed by atoms with Crippen molar-refractivity contribution in [2.24, 2.45) is 5.92 Å². The van der Waals surface area contributed by atoms with Gasteiger partial charge in [0.2, 0.25) is 5.91 Å². The van der Waals surface area contributed by atoms with Crippen molar-refractivity contribution < 1.29 is 24.2 Å². The molecule has 0 heterocycles. The number of rotatable bonds is 4. The van der Waals surface area contributed by atoms with E-state index in [9.17, 15) is 19.5 Å². The highest BCUT2D eigenvalue weighted by atomic mass is 79.9. The van der Waals surface area contributed by atoms with Gasteiger partial charge in [0.1, 0.15) is 11.3 Å². The number of aromatic hydroxyl groups is 1. The minimum absolute atomic E-state index is 0.0340. The van der Waals surface area contributed by atoms with Crippen molar-refractivity contribution in [2.45, 2.75) is 39.0 Å². The van der Waals surface area contributed by atoms with Gasteiger partial charge in [0.15, 0.2) is 6.61 Å². The van der Waals surface area contributed by atoms with Gasteiger partial charge in [0.05, 0.1) is 4.47 Å². The lowest BCUT2D eigenvalue weighted by atomic mass is 9.89. The van der Waals surface area contributed by atoms with E-state index in [4.69, 9.17) is 4.74 Å². The quantitative estimate of drug-likeness (QED) is 0.761. The first-order chi connectivity index (χ1) is 11.4. The number of halogens is 1. The van der Waals surface area contributed by atoms with Crippen molar-refractivity contribution in [1.82, 2.24) is 5.32 Å². The summed E-state index contributed by atoms with van der Waals surface area (Å²) in [5.74, 6) is -2.18. The van der Waals surface area contributed by atoms with E-state index >= 15 is 0 Å². The fourth-order valence-corrected chi connectivity index (χ4v) is 3.31. The highest BCUT2D eigenvalue weighted by Gasteiger charge is 2.23. The van der Waals surface area contributed by atoms with Crippen molar-refractivity contribution in [1.29, 1.82) is 0 Å². The largest absolute Gasteiger partial charge is 0.506 e. The molecule has 7 heteroatoms. The monoisotopic (exact) mass is 397 g/mol. The van der Waals surface area contributed by atoms with E-state index < -0.39 is 18.5 Å². The van der Waals surface area contributed by atoms with Crippen LogP contribution in [0.1, 0.15) is 48.0 Å².